The van der Waals surface area contributed by atoms with Crippen molar-refractivity contribution in [2.45, 2.75) is 30.3 Å². The number of fused-ring (bicyclic) bond motifs is 1. The van der Waals surface area contributed by atoms with Crippen LogP contribution in [0.2, 0.25) is 0 Å². The lowest BCUT2D eigenvalue weighted by molar-refractivity contribution is -0.196. The van der Waals surface area contributed by atoms with Crippen molar-refractivity contribution >= 4 is 11.7 Å². The van der Waals surface area contributed by atoms with E-state index in [1.165, 1.54) is 11.3 Å². The Morgan fingerprint density at radius 2 is 2.20 bits per heavy atom. The number of rotatable bonds is 1. The number of hydrogen-bond donors (Lipinski definition) is 1. The summed E-state index contributed by atoms with van der Waals surface area (Å²) in [6.45, 7) is 4.52. The molecule has 0 radical (unpaired) electrons. The van der Waals surface area contributed by atoms with Crippen LogP contribution in [0.3, 0.4) is 0 Å². The third-order valence-electron chi connectivity index (χ3n) is 8.31. The summed E-state index contributed by atoms with van der Waals surface area (Å²) in [5.74, 6) is 1.21. The van der Waals surface area contributed by atoms with Gasteiger partial charge in [-0.05, 0) is 42.3 Å². The lowest BCUT2D eigenvalue weighted by Gasteiger charge is -2.73. The van der Waals surface area contributed by atoms with Gasteiger partial charge in [-0.2, -0.15) is 0 Å². The first-order chi connectivity index (χ1) is 12.2. The van der Waals surface area contributed by atoms with Gasteiger partial charge in [0.1, 0.15) is 0 Å². The Balaban J connectivity index is 1.66. The molecule has 3 aliphatic heterocycles. The number of para-hydroxylation sites is 1. The zero-order valence-corrected chi connectivity index (χ0v) is 14.7. The SMILES string of the molecule is COC(=O)[C@H]1[C@@H]2[C@@H]3C=CCN4CC[C@@]5(c6ccccc6N[C@]15[C@H]2C)[C@H]34. The standard InChI is InChI=1S/C21H24N2O2/c1-12-16-13-6-5-10-23-11-9-20(18(13)23)14-7-3-4-8-15(14)22-21(12,20)17(16)19(24)25-2/h3-8,12-13,16-18,22H,9-11H2,1-2H3/t12-,13-,16-,17+,18-,20+,21+/m0/s1. The van der Waals surface area contributed by atoms with Crippen LogP contribution in [0.25, 0.3) is 0 Å². The molecule has 2 bridgehead atoms. The highest BCUT2D eigenvalue weighted by molar-refractivity contribution is 5.83. The normalized spacial score (nSPS) is 48.0. The molecule has 0 amide bonds. The van der Waals surface area contributed by atoms with Gasteiger partial charge in [-0.3, -0.25) is 9.69 Å². The highest BCUT2D eigenvalue weighted by atomic mass is 16.5. The molecule has 3 heterocycles. The molecule has 3 saturated carbocycles. The summed E-state index contributed by atoms with van der Waals surface area (Å²) in [6.07, 6.45) is 5.86. The number of ether oxygens (including phenoxy) is 1. The summed E-state index contributed by atoms with van der Waals surface area (Å²) in [4.78, 5) is 15.6. The quantitative estimate of drug-likeness (QED) is 0.632. The van der Waals surface area contributed by atoms with Gasteiger partial charge in [0.2, 0.25) is 0 Å². The van der Waals surface area contributed by atoms with Gasteiger partial charge in [-0.15, -0.1) is 0 Å². The summed E-state index contributed by atoms with van der Waals surface area (Å²) in [5.41, 5.74) is 2.50. The maximum Gasteiger partial charge on any atom is 0.311 e. The Kier molecular flexibility index (Phi) is 2.47. The van der Waals surface area contributed by atoms with E-state index in [9.17, 15) is 4.79 Å². The lowest BCUT2D eigenvalue weighted by Crippen LogP contribution is -2.84. The Bertz CT molecular complexity index is 820. The lowest BCUT2D eigenvalue weighted by atomic mass is 9.33. The first-order valence-electron chi connectivity index (χ1n) is 9.53. The van der Waals surface area contributed by atoms with Gasteiger partial charge in [0.05, 0.1) is 18.6 Å². The third kappa shape index (κ3) is 1.25. The van der Waals surface area contributed by atoms with Gasteiger partial charge in [-0.1, -0.05) is 37.3 Å². The molecule has 1 aromatic carbocycles. The van der Waals surface area contributed by atoms with Crippen LogP contribution in [-0.4, -0.2) is 42.6 Å². The number of carbonyl (C=O) groups is 1. The molecule has 6 aliphatic rings. The van der Waals surface area contributed by atoms with Crippen LogP contribution in [0.5, 0.6) is 0 Å². The molecular weight excluding hydrogens is 312 g/mol. The Hall–Kier alpha value is -1.81. The largest absolute Gasteiger partial charge is 0.469 e. The van der Waals surface area contributed by atoms with Gasteiger partial charge in [-0.25, -0.2) is 0 Å². The average Bonchev–Trinajstić information content (AvgIpc) is 3.20. The van der Waals surface area contributed by atoms with Crippen LogP contribution >= 0.6 is 0 Å². The fourth-order valence-corrected chi connectivity index (χ4v) is 7.74. The van der Waals surface area contributed by atoms with Crippen molar-refractivity contribution in [3.05, 3.63) is 42.0 Å². The number of anilines is 1. The van der Waals surface area contributed by atoms with Crippen molar-refractivity contribution in [3.8, 4) is 0 Å². The van der Waals surface area contributed by atoms with Crippen molar-refractivity contribution in [2.24, 2.45) is 23.7 Å². The molecule has 2 spiro atoms. The Labute approximate surface area is 148 Å². The monoisotopic (exact) mass is 336 g/mol. The van der Waals surface area contributed by atoms with Crippen LogP contribution < -0.4 is 5.32 Å². The molecule has 7 rings (SSSR count). The van der Waals surface area contributed by atoms with E-state index in [2.05, 4.69) is 53.6 Å². The van der Waals surface area contributed by atoms with Gasteiger partial charge >= 0.3 is 5.97 Å². The molecule has 1 N–H and O–H groups in total. The molecule has 3 aliphatic carbocycles. The number of carbonyl (C=O) groups excluding carboxylic acids is 1. The van der Waals surface area contributed by atoms with Crippen molar-refractivity contribution < 1.29 is 9.53 Å². The number of hydrogen-bond acceptors (Lipinski definition) is 4. The first-order valence-corrected chi connectivity index (χ1v) is 9.53. The Morgan fingerprint density at radius 1 is 1.36 bits per heavy atom. The van der Waals surface area contributed by atoms with Crippen LogP contribution in [-0.2, 0) is 14.9 Å². The summed E-state index contributed by atoms with van der Waals surface area (Å²) in [6, 6.07) is 9.27. The smallest absolute Gasteiger partial charge is 0.311 e. The second-order valence-electron chi connectivity index (χ2n) is 8.57. The molecule has 0 unspecified atom stereocenters. The second kappa shape index (κ2) is 4.29. The average molecular weight is 336 g/mol. The zero-order chi connectivity index (χ0) is 17.0. The molecular formula is C21H24N2O2. The molecule has 7 atom stereocenters. The fourth-order valence-electron chi connectivity index (χ4n) is 7.74. The third-order valence-corrected chi connectivity index (χ3v) is 8.31. The van der Waals surface area contributed by atoms with Crippen molar-refractivity contribution in [1.29, 1.82) is 0 Å². The molecule has 4 nitrogen and oxygen atoms in total. The van der Waals surface area contributed by atoms with E-state index in [1.807, 2.05) is 0 Å². The van der Waals surface area contributed by atoms with Crippen molar-refractivity contribution in [3.63, 3.8) is 0 Å². The van der Waals surface area contributed by atoms with E-state index in [4.69, 9.17) is 4.74 Å². The van der Waals surface area contributed by atoms with Crippen LogP contribution in [0, 0.1) is 23.7 Å². The Morgan fingerprint density at radius 3 is 3.04 bits per heavy atom. The minimum Gasteiger partial charge on any atom is -0.469 e. The summed E-state index contributed by atoms with van der Waals surface area (Å²) < 4.78 is 5.31. The molecule has 0 aromatic heterocycles. The molecule has 25 heavy (non-hydrogen) atoms. The van der Waals surface area contributed by atoms with Gasteiger partial charge in [0.25, 0.3) is 0 Å². The number of benzene rings is 1. The zero-order valence-electron chi connectivity index (χ0n) is 14.7. The van der Waals surface area contributed by atoms with E-state index >= 15 is 0 Å². The van der Waals surface area contributed by atoms with Gasteiger partial charge in [0, 0.05) is 23.7 Å². The number of nitrogens with zero attached hydrogens (tertiary/aromatic N) is 1. The maximum absolute atomic E-state index is 12.9. The molecule has 4 fully saturated rings. The van der Waals surface area contributed by atoms with E-state index in [1.54, 1.807) is 7.11 Å². The fraction of sp³-hybridized carbons (Fsp3) is 0.571. The van der Waals surface area contributed by atoms with E-state index in [0.29, 0.717) is 23.8 Å². The first kappa shape index (κ1) is 14.4. The molecule has 1 saturated heterocycles. The van der Waals surface area contributed by atoms with Gasteiger partial charge < -0.3 is 10.1 Å². The van der Waals surface area contributed by atoms with Crippen molar-refractivity contribution in [1.82, 2.24) is 4.90 Å². The van der Waals surface area contributed by atoms with Crippen LogP contribution in [0.4, 0.5) is 5.69 Å². The van der Waals surface area contributed by atoms with E-state index < -0.39 is 0 Å². The topological polar surface area (TPSA) is 41.6 Å². The number of esters is 1. The minimum atomic E-state index is -0.185. The van der Waals surface area contributed by atoms with Gasteiger partial charge in [0.15, 0.2) is 0 Å². The summed E-state index contributed by atoms with van der Waals surface area (Å²) in [7, 11) is 1.54. The second-order valence-corrected chi connectivity index (χ2v) is 8.57. The number of nitrogens with one attached hydrogen (secondary N) is 1. The highest BCUT2D eigenvalue weighted by Gasteiger charge is 2.83. The minimum absolute atomic E-state index is 0.0199. The summed E-state index contributed by atoms with van der Waals surface area (Å²) >= 11 is 0. The number of methoxy groups -OCH3 is 1. The predicted molar refractivity (Wildman–Crippen MR) is 95.2 cm³/mol. The van der Waals surface area contributed by atoms with E-state index in [-0.39, 0.29) is 22.8 Å². The van der Waals surface area contributed by atoms with Crippen molar-refractivity contribution in [2.75, 3.05) is 25.5 Å². The molecule has 4 heteroatoms. The summed E-state index contributed by atoms with van der Waals surface area (Å²) in [5, 5.41) is 3.89. The van der Waals surface area contributed by atoms with Crippen LogP contribution in [0.15, 0.2) is 36.4 Å². The van der Waals surface area contributed by atoms with Crippen LogP contribution in [0.1, 0.15) is 18.9 Å². The highest BCUT2D eigenvalue weighted by Crippen LogP contribution is 2.75. The molecule has 130 valence electrons. The maximum atomic E-state index is 12.9. The van der Waals surface area contributed by atoms with E-state index in [0.717, 1.165) is 19.5 Å². The predicted octanol–water partition coefficient (Wildman–Crippen LogP) is 2.42. The molecule has 1 aromatic rings.